The van der Waals surface area contributed by atoms with Crippen LogP contribution in [0.4, 0.5) is 0 Å². The minimum absolute atomic E-state index is 0.0222. The van der Waals surface area contributed by atoms with Crippen molar-refractivity contribution in [2.75, 3.05) is 19.7 Å². The monoisotopic (exact) mass is 314 g/mol. The second-order valence-corrected chi connectivity index (χ2v) is 6.01. The van der Waals surface area contributed by atoms with Crippen LogP contribution in [0.25, 0.3) is 0 Å². The van der Waals surface area contributed by atoms with Crippen LogP contribution in [0.5, 0.6) is 5.75 Å². The highest BCUT2D eigenvalue weighted by atomic mass is 16.5. The zero-order valence-corrected chi connectivity index (χ0v) is 13.5. The number of hydrogen-bond donors (Lipinski definition) is 1. The van der Waals surface area contributed by atoms with Crippen molar-refractivity contribution in [2.45, 2.75) is 19.6 Å². The fourth-order valence-corrected chi connectivity index (χ4v) is 2.98. The Hall–Kier alpha value is -2.11. The summed E-state index contributed by atoms with van der Waals surface area (Å²) in [6, 6.07) is 11.6. The van der Waals surface area contributed by atoms with Crippen LogP contribution in [0.15, 0.2) is 41.2 Å². The summed E-state index contributed by atoms with van der Waals surface area (Å²) in [4.78, 5) is 14.1. The van der Waals surface area contributed by atoms with Crippen LogP contribution in [-0.2, 0) is 18.3 Å². The average molecular weight is 314 g/mol. The Kier molecular flexibility index (Phi) is 4.50. The molecule has 0 aliphatic carbocycles. The summed E-state index contributed by atoms with van der Waals surface area (Å²) in [5.41, 5.74) is 2.34. The molecule has 1 aromatic carbocycles. The molecule has 1 aliphatic heterocycles. The Morgan fingerprint density at radius 2 is 2.04 bits per heavy atom. The number of pyridine rings is 1. The number of nitrogens with zero attached hydrogens (tertiary/aromatic N) is 2. The first-order valence-corrected chi connectivity index (χ1v) is 7.83. The van der Waals surface area contributed by atoms with Gasteiger partial charge in [-0.05, 0) is 12.5 Å². The molecule has 1 aromatic heterocycles. The van der Waals surface area contributed by atoms with E-state index in [1.54, 1.807) is 0 Å². The SMILES string of the molecule is Cc1cc(=O)c(O)c(CN2CCO[C@@H](c3ccccc3)C2)n1C. The van der Waals surface area contributed by atoms with Crippen molar-refractivity contribution in [1.82, 2.24) is 9.47 Å². The normalized spacial score (nSPS) is 19.0. The molecule has 0 unspecified atom stereocenters. The maximum Gasteiger partial charge on any atom is 0.223 e. The molecule has 1 fully saturated rings. The quantitative estimate of drug-likeness (QED) is 0.941. The highest BCUT2D eigenvalue weighted by Crippen LogP contribution is 2.24. The van der Waals surface area contributed by atoms with Gasteiger partial charge in [-0.15, -0.1) is 0 Å². The van der Waals surface area contributed by atoms with Gasteiger partial charge in [0.05, 0.1) is 18.4 Å². The molecule has 0 radical (unpaired) electrons. The lowest BCUT2D eigenvalue weighted by atomic mass is 10.1. The molecule has 1 aliphatic rings. The second kappa shape index (κ2) is 6.56. The Labute approximate surface area is 135 Å². The third kappa shape index (κ3) is 3.30. The van der Waals surface area contributed by atoms with Crippen LogP contribution >= 0.6 is 0 Å². The van der Waals surface area contributed by atoms with Crippen LogP contribution in [0, 0.1) is 6.92 Å². The van der Waals surface area contributed by atoms with Gasteiger partial charge in [-0.25, -0.2) is 0 Å². The minimum atomic E-state index is -0.316. The number of rotatable bonds is 3. The second-order valence-electron chi connectivity index (χ2n) is 6.01. The molecular formula is C18H22N2O3. The van der Waals surface area contributed by atoms with E-state index in [4.69, 9.17) is 4.74 Å². The maximum absolute atomic E-state index is 11.8. The first-order chi connectivity index (χ1) is 11.1. The van der Waals surface area contributed by atoms with Gasteiger partial charge in [-0.3, -0.25) is 9.69 Å². The largest absolute Gasteiger partial charge is 0.503 e. The van der Waals surface area contributed by atoms with Crippen molar-refractivity contribution in [1.29, 1.82) is 0 Å². The Morgan fingerprint density at radius 3 is 2.78 bits per heavy atom. The summed E-state index contributed by atoms with van der Waals surface area (Å²) in [5.74, 6) is -0.152. The lowest BCUT2D eigenvalue weighted by molar-refractivity contribution is -0.0337. The third-order valence-corrected chi connectivity index (χ3v) is 4.48. The predicted octanol–water partition coefficient (Wildman–Crippen LogP) is 1.97. The maximum atomic E-state index is 11.8. The van der Waals surface area contributed by atoms with Crippen LogP contribution in [0.2, 0.25) is 0 Å². The highest BCUT2D eigenvalue weighted by Gasteiger charge is 2.23. The first-order valence-electron chi connectivity index (χ1n) is 7.83. The molecular weight excluding hydrogens is 292 g/mol. The lowest BCUT2D eigenvalue weighted by Crippen LogP contribution is -2.38. The Bertz CT molecular complexity index is 740. The zero-order valence-electron chi connectivity index (χ0n) is 13.5. The highest BCUT2D eigenvalue weighted by molar-refractivity contribution is 5.29. The van der Waals surface area contributed by atoms with E-state index in [-0.39, 0.29) is 17.3 Å². The third-order valence-electron chi connectivity index (χ3n) is 4.48. The molecule has 0 bridgehead atoms. The summed E-state index contributed by atoms with van der Waals surface area (Å²) in [5, 5.41) is 10.1. The summed E-state index contributed by atoms with van der Waals surface area (Å²) in [6.45, 7) is 4.57. The van der Waals surface area contributed by atoms with Gasteiger partial charge in [-0.1, -0.05) is 30.3 Å². The van der Waals surface area contributed by atoms with Crippen LogP contribution in [-0.4, -0.2) is 34.3 Å². The summed E-state index contributed by atoms with van der Waals surface area (Å²) >= 11 is 0. The summed E-state index contributed by atoms with van der Waals surface area (Å²) in [7, 11) is 1.87. The molecule has 122 valence electrons. The molecule has 23 heavy (non-hydrogen) atoms. The molecule has 3 rings (SSSR count). The molecule has 2 heterocycles. The van der Waals surface area contributed by atoms with Crippen molar-refractivity contribution in [3.8, 4) is 5.75 Å². The van der Waals surface area contributed by atoms with Crippen LogP contribution in [0.3, 0.4) is 0 Å². The standard InChI is InChI=1S/C18H22N2O3/c1-13-10-16(21)18(22)15(19(13)2)11-20-8-9-23-17(12-20)14-6-4-3-5-7-14/h3-7,10,17,22H,8-9,11-12H2,1-2H3/t17-/m1/s1. The van der Waals surface area contributed by atoms with Gasteiger partial charge < -0.3 is 14.4 Å². The number of morpholine rings is 1. The van der Waals surface area contributed by atoms with E-state index in [0.717, 1.165) is 24.3 Å². The van der Waals surface area contributed by atoms with Gasteiger partial charge in [-0.2, -0.15) is 0 Å². The number of benzene rings is 1. The topological polar surface area (TPSA) is 54.7 Å². The van der Waals surface area contributed by atoms with Crippen molar-refractivity contribution < 1.29 is 9.84 Å². The molecule has 0 saturated carbocycles. The predicted molar refractivity (Wildman–Crippen MR) is 88.5 cm³/mol. The summed E-state index contributed by atoms with van der Waals surface area (Å²) in [6.07, 6.45) is 0.0222. The molecule has 1 N–H and O–H groups in total. The molecule has 2 aromatic rings. The zero-order chi connectivity index (χ0) is 16.4. The van der Waals surface area contributed by atoms with E-state index in [0.29, 0.717) is 18.8 Å². The fourth-order valence-electron chi connectivity index (χ4n) is 2.98. The van der Waals surface area contributed by atoms with Crippen LogP contribution in [0.1, 0.15) is 23.1 Å². The van der Waals surface area contributed by atoms with E-state index < -0.39 is 0 Å². The molecule has 0 spiro atoms. The number of aromatic hydroxyl groups is 1. The van der Waals surface area contributed by atoms with Crippen molar-refractivity contribution >= 4 is 0 Å². The van der Waals surface area contributed by atoms with E-state index >= 15 is 0 Å². The number of hydrogen-bond acceptors (Lipinski definition) is 4. The Balaban J connectivity index is 1.80. The number of aromatic nitrogens is 1. The van der Waals surface area contributed by atoms with E-state index in [2.05, 4.69) is 17.0 Å². The van der Waals surface area contributed by atoms with Crippen molar-refractivity contribution in [3.63, 3.8) is 0 Å². The van der Waals surface area contributed by atoms with Crippen molar-refractivity contribution in [3.05, 3.63) is 63.6 Å². The van der Waals surface area contributed by atoms with Gasteiger partial charge in [0.1, 0.15) is 0 Å². The Morgan fingerprint density at radius 1 is 1.30 bits per heavy atom. The van der Waals surface area contributed by atoms with Crippen LogP contribution < -0.4 is 5.43 Å². The smallest absolute Gasteiger partial charge is 0.223 e. The fraction of sp³-hybridized carbons (Fsp3) is 0.389. The van der Waals surface area contributed by atoms with Gasteiger partial charge in [0, 0.05) is 38.4 Å². The first kappa shape index (κ1) is 15.8. The molecule has 1 saturated heterocycles. The molecule has 1 atom stereocenters. The van der Waals surface area contributed by atoms with Crippen molar-refractivity contribution in [2.24, 2.45) is 7.05 Å². The van der Waals surface area contributed by atoms with Gasteiger partial charge >= 0.3 is 0 Å². The van der Waals surface area contributed by atoms with E-state index in [9.17, 15) is 9.90 Å². The van der Waals surface area contributed by atoms with Gasteiger partial charge in [0.25, 0.3) is 0 Å². The molecule has 5 nitrogen and oxygen atoms in total. The number of ether oxygens (including phenoxy) is 1. The molecule has 5 heteroatoms. The number of aryl methyl sites for hydroxylation is 1. The summed E-state index contributed by atoms with van der Waals surface area (Å²) < 4.78 is 7.75. The van der Waals surface area contributed by atoms with Gasteiger partial charge in [0.2, 0.25) is 5.43 Å². The minimum Gasteiger partial charge on any atom is -0.503 e. The van der Waals surface area contributed by atoms with E-state index in [1.165, 1.54) is 6.07 Å². The molecule has 0 amide bonds. The van der Waals surface area contributed by atoms with E-state index in [1.807, 2.05) is 36.7 Å². The van der Waals surface area contributed by atoms with Gasteiger partial charge in [0.15, 0.2) is 5.75 Å². The average Bonchev–Trinajstić information content (AvgIpc) is 2.58. The lowest BCUT2D eigenvalue weighted by Gasteiger charge is -2.33.